The van der Waals surface area contributed by atoms with Crippen LogP contribution in [0, 0.1) is 11.3 Å². The van der Waals surface area contributed by atoms with E-state index in [0.29, 0.717) is 17.6 Å². The first-order chi connectivity index (χ1) is 7.28. The van der Waals surface area contributed by atoms with E-state index in [4.69, 9.17) is 21.6 Å². The summed E-state index contributed by atoms with van der Waals surface area (Å²) in [5.74, 6) is 0. The van der Waals surface area contributed by atoms with Gasteiger partial charge in [-0.15, -0.1) is 11.3 Å². The highest BCUT2D eigenvalue weighted by Crippen LogP contribution is 2.20. The molecule has 1 atom stereocenters. The molecule has 2 heterocycles. The summed E-state index contributed by atoms with van der Waals surface area (Å²) < 4.78 is 5.82. The molecule has 1 aromatic rings. The molecule has 0 amide bonds. The third kappa shape index (κ3) is 2.89. The second-order valence-electron chi connectivity index (χ2n) is 3.30. The molecule has 4 nitrogen and oxygen atoms in total. The van der Waals surface area contributed by atoms with Crippen molar-refractivity contribution >= 4 is 22.9 Å². The fraction of sp³-hybridized carbons (Fsp3) is 0.556. The van der Waals surface area contributed by atoms with Crippen LogP contribution in [-0.4, -0.2) is 35.7 Å². The number of hydrogen-bond acceptors (Lipinski definition) is 5. The predicted molar refractivity (Wildman–Crippen MR) is 57.8 cm³/mol. The van der Waals surface area contributed by atoms with E-state index in [1.54, 1.807) is 6.20 Å². The number of morpholine rings is 1. The van der Waals surface area contributed by atoms with Gasteiger partial charge in [-0.1, -0.05) is 11.6 Å². The Morgan fingerprint density at radius 2 is 2.67 bits per heavy atom. The number of rotatable bonds is 2. The zero-order valence-electron chi connectivity index (χ0n) is 8.02. The lowest BCUT2D eigenvalue weighted by Gasteiger charge is -2.28. The van der Waals surface area contributed by atoms with Crippen LogP contribution < -0.4 is 0 Å². The minimum absolute atomic E-state index is 0.304. The van der Waals surface area contributed by atoms with Crippen molar-refractivity contribution < 1.29 is 4.74 Å². The van der Waals surface area contributed by atoms with Crippen LogP contribution in [0.15, 0.2) is 6.20 Å². The van der Waals surface area contributed by atoms with E-state index in [1.165, 1.54) is 11.3 Å². The molecule has 1 saturated heterocycles. The predicted octanol–water partition coefficient (Wildman–Crippen LogP) is 1.52. The molecule has 0 radical (unpaired) electrons. The maximum atomic E-state index is 8.75. The van der Waals surface area contributed by atoms with Gasteiger partial charge >= 0.3 is 0 Å². The monoisotopic (exact) mass is 243 g/mol. The maximum absolute atomic E-state index is 8.75. The van der Waals surface area contributed by atoms with Crippen molar-refractivity contribution in [1.29, 1.82) is 5.26 Å². The Balaban J connectivity index is 1.92. The molecule has 1 fully saturated rings. The van der Waals surface area contributed by atoms with Crippen molar-refractivity contribution in [1.82, 2.24) is 9.88 Å². The molecule has 0 aromatic carbocycles. The molecule has 0 aliphatic carbocycles. The van der Waals surface area contributed by atoms with E-state index in [1.807, 2.05) is 0 Å². The summed E-state index contributed by atoms with van der Waals surface area (Å²) in [5, 5.41) is 8.75. The summed E-state index contributed by atoms with van der Waals surface area (Å²) in [5.41, 5.74) is 0. The summed E-state index contributed by atoms with van der Waals surface area (Å²) in [6.07, 6.45) is 1.48. The van der Waals surface area contributed by atoms with Crippen molar-refractivity contribution in [2.45, 2.75) is 12.6 Å². The van der Waals surface area contributed by atoms with Gasteiger partial charge in [0.15, 0.2) is 10.6 Å². The fourth-order valence-corrected chi connectivity index (χ4v) is 2.52. The van der Waals surface area contributed by atoms with Crippen LogP contribution >= 0.6 is 22.9 Å². The molecule has 0 N–H and O–H groups in total. The van der Waals surface area contributed by atoms with Crippen LogP contribution in [0.2, 0.25) is 4.47 Å². The highest BCUT2D eigenvalue weighted by Gasteiger charge is 2.20. The van der Waals surface area contributed by atoms with Crippen LogP contribution in [0.3, 0.4) is 0 Å². The van der Waals surface area contributed by atoms with Crippen LogP contribution in [0.5, 0.6) is 0 Å². The first-order valence-corrected chi connectivity index (χ1v) is 5.81. The maximum Gasteiger partial charge on any atom is 0.183 e. The number of thiazole rings is 1. The molecule has 80 valence electrons. The molecule has 0 bridgehead atoms. The quantitative estimate of drug-likeness (QED) is 0.790. The SMILES string of the molecule is N#CC1CN(Cc2cnc(Cl)s2)CCO1. The Kier molecular flexibility index (Phi) is 3.54. The van der Waals surface area contributed by atoms with Gasteiger partial charge in [0.2, 0.25) is 0 Å². The van der Waals surface area contributed by atoms with Gasteiger partial charge in [-0.05, 0) is 0 Å². The van der Waals surface area contributed by atoms with E-state index >= 15 is 0 Å². The van der Waals surface area contributed by atoms with E-state index < -0.39 is 0 Å². The number of aromatic nitrogens is 1. The van der Waals surface area contributed by atoms with E-state index in [-0.39, 0.29) is 6.10 Å². The first kappa shape index (κ1) is 10.8. The third-order valence-corrected chi connectivity index (χ3v) is 3.30. The Hall–Kier alpha value is -0.670. The lowest BCUT2D eigenvalue weighted by Crippen LogP contribution is -2.41. The summed E-state index contributed by atoms with van der Waals surface area (Å²) in [4.78, 5) is 7.29. The summed E-state index contributed by atoms with van der Waals surface area (Å²) in [6, 6.07) is 2.12. The molecule has 6 heteroatoms. The smallest absolute Gasteiger partial charge is 0.183 e. The number of hydrogen-bond donors (Lipinski definition) is 0. The number of halogens is 1. The van der Waals surface area contributed by atoms with Gasteiger partial charge in [0.05, 0.1) is 12.7 Å². The first-order valence-electron chi connectivity index (χ1n) is 4.61. The van der Waals surface area contributed by atoms with Gasteiger partial charge in [-0.25, -0.2) is 4.98 Å². The number of nitrogens with zero attached hydrogens (tertiary/aromatic N) is 3. The summed E-state index contributed by atoms with van der Waals surface area (Å²) in [7, 11) is 0. The Morgan fingerprint density at radius 3 is 3.33 bits per heavy atom. The largest absolute Gasteiger partial charge is 0.361 e. The minimum Gasteiger partial charge on any atom is -0.361 e. The lowest BCUT2D eigenvalue weighted by atomic mass is 10.3. The van der Waals surface area contributed by atoms with E-state index in [2.05, 4.69) is 16.0 Å². The zero-order valence-corrected chi connectivity index (χ0v) is 9.59. The Bertz CT molecular complexity index is 376. The molecule has 1 aromatic heterocycles. The molecule has 2 rings (SSSR count). The van der Waals surface area contributed by atoms with Gasteiger partial charge in [-0.3, -0.25) is 4.90 Å². The van der Waals surface area contributed by atoms with E-state index in [0.717, 1.165) is 18.0 Å². The van der Waals surface area contributed by atoms with Crippen LogP contribution in [0.1, 0.15) is 4.88 Å². The molecule has 1 aliphatic rings. The standard InChI is InChI=1S/C9H10ClN3OS/c10-9-12-4-8(15-9)6-13-1-2-14-7(3-11)5-13/h4,7H,1-2,5-6H2. The van der Waals surface area contributed by atoms with Crippen molar-refractivity contribution in [2.75, 3.05) is 19.7 Å². The van der Waals surface area contributed by atoms with Gasteiger partial charge < -0.3 is 4.74 Å². The van der Waals surface area contributed by atoms with Gasteiger partial charge in [-0.2, -0.15) is 5.26 Å². The fourth-order valence-electron chi connectivity index (χ4n) is 1.50. The van der Waals surface area contributed by atoms with Crippen LogP contribution in [-0.2, 0) is 11.3 Å². The van der Waals surface area contributed by atoms with Crippen molar-refractivity contribution in [2.24, 2.45) is 0 Å². The second-order valence-corrected chi connectivity index (χ2v) is 5.00. The molecular weight excluding hydrogens is 234 g/mol. The normalized spacial score (nSPS) is 22.5. The molecular formula is C9H10ClN3OS. The van der Waals surface area contributed by atoms with Crippen molar-refractivity contribution in [3.05, 3.63) is 15.5 Å². The molecule has 0 spiro atoms. The average Bonchev–Trinajstić information content (AvgIpc) is 2.64. The minimum atomic E-state index is -0.304. The van der Waals surface area contributed by atoms with Gasteiger partial charge in [0.1, 0.15) is 0 Å². The molecule has 0 saturated carbocycles. The summed E-state index contributed by atoms with van der Waals surface area (Å²) in [6.45, 7) is 2.93. The molecule has 1 unspecified atom stereocenters. The van der Waals surface area contributed by atoms with Crippen molar-refractivity contribution in [3.63, 3.8) is 0 Å². The number of nitriles is 1. The Labute approximate surface area is 97.0 Å². The molecule has 15 heavy (non-hydrogen) atoms. The van der Waals surface area contributed by atoms with E-state index in [9.17, 15) is 0 Å². The van der Waals surface area contributed by atoms with Gasteiger partial charge in [0.25, 0.3) is 0 Å². The average molecular weight is 244 g/mol. The van der Waals surface area contributed by atoms with Gasteiger partial charge in [0, 0.05) is 30.7 Å². The Morgan fingerprint density at radius 1 is 1.80 bits per heavy atom. The second kappa shape index (κ2) is 4.90. The topological polar surface area (TPSA) is 49.2 Å². The lowest BCUT2D eigenvalue weighted by molar-refractivity contribution is -0.00234. The number of ether oxygens (including phenoxy) is 1. The summed E-state index contributed by atoms with van der Waals surface area (Å²) >= 11 is 7.23. The highest BCUT2D eigenvalue weighted by molar-refractivity contribution is 7.15. The zero-order chi connectivity index (χ0) is 10.7. The van der Waals surface area contributed by atoms with Crippen LogP contribution in [0.25, 0.3) is 0 Å². The highest BCUT2D eigenvalue weighted by atomic mass is 35.5. The van der Waals surface area contributed by atoms with Crippen LogP contribution in [0.4, 0.5) is 0 Å². The van der Waals surface area contributed by atoms with Crippen molar-refractivity contribution in [3.8, 4) is 6.07 Å². The molecule has 1 aliphatic heterocycles. The third-order valence-electron chi connectivity index (χ3n) is 2.20.